The molecule has 2 rings (SSSR count). The van der Waals surface area contributed by atoms with Crippen LogP contribution in [-0.4, -0.2) is 22.9 Å². The van der Waals surface area contributed by atoms with E-state index in [9.17, 15) is 4.79 Å². The zero-order valence-electron chi connectivity index (χ0n) is 9.18. The first-order valence-electron chi connectivity index (χ1n) is 4.93. The van der Waals surface area contributed by atoms with E-state index >= 15 is 0 Å². The minimum absolute atomic E-state index is 0.385. The maximum Gasteiger partial charge on any atom is 0.356 e. The summed E-state index contributed by atoms with van der Waals surface area (Å²) in [7, 11) is 1.36. The summed E-state index contributed by atoms with van der Waals surface area (Å²) in [6.45, 7) is 1.84. The number of nitrogens with zero attached hydrogens (tertiary/aromatic N) is 2. The summed E-state index contributed by atoms with van der Waals surface area (Å²) in [5.74, 6) is -0.385. The summed E-state index contributed by atoms with van der Waals surface area (Å²) in [6, 6.07) is 11.2. The van der Waals surface area contributed by atoms with Crippen LogP contribution in [0.15, 0.2) is 36.4 Å². The molecule has 0 saturated carbocycles. The normalized spacial score (nSPS) is 10.1. The molecular weight excluding hydrogens is 204 g/mol. The molecule has 0 unspecified atom stereocenters. The zero-order chi connectivity index (χ0) is 11.5. The number of ether oxygens (including phenoxy) is 1. The fourth-order valence-electron chi connectivity index (χ4n) is 1.52. The molecule has 0 fully saturated rings. The van der Waals surface area contributed by atoms with Crippen LogP contribution < -0.4 is 0 Å². The van der Waals surface area contributed by atoms with Crippen molar-refractivity contribution in [3.8, 4) is 5.69 Å². The molecule has 16 heavy (non-hydrogen) atoms. The summed E-state index contributed by atoms with van der Waals surface area (Å²) < 4.78 is 6.30. The molecule has 0 aliphatic heterocycles. The van der Waals surface area contributed by atoms with Crippen molar-refractivity contribution < 1.29 is 9.53 Å². The van der Waals surface area contributed by atoms with E-state index in [2.05, 4.69) is 5.10 Å². The molecule has 0 amide bonds. The van der Waals surface area contributed by atoms with Crippen LogP contribution in [0.2, 0.25) is 0 Å². The largest absolute Gasteiger partial charge is 0.464 e. The van der Waals surface area contributed by atoms with Gasteiger partial charge in [0, 0.05) is 0 Å². The summed E-state index contributed by atoms with van der Waals surface area (Å²) >= 11 is 0. The van der Waals surface area contributed by atoms with E-state index in [0.29, 0.717) is 5.69 Å². The summed E-state index contributed by atoms with van der Waals surface area (Å²) in [5, 5.41) is 4.27. The smallest absolute Gasteiger partial charge is 0.356 e. The van der Waals surface area contributed by atoms with Crippen molar-refractivity contribution in [1.82, 2.24) is 9.78 Å². The number of rotatable bonds is 2. The number of para-hydroxylation sites is 1. The molecule has 0 spiro atoms. The van der Waals surface area contributed by atoms with Crippen molar-refractivity contribution >= 4 is 5.97 Å². The number of methoxy groups -OCH3 is 1. The highest BCUT2D eigenvalue weighted by atomic mass is 16.5. The predicted octanol–water partition coefficient (Wildman–Crippen LogP) is 1.97. The van der Waals surface area contributed by atoms with Crippen LogP contribution in [0, 0.1) is 6.92 Å². The van der Waals surface area contributed by atoms with Gasteiger partial charge in [0.05, 0.1) is 18.5 Å². The molecule has 1 aromatic heterocycles. The topological polar surface area (TPSA) is 44.1 Å². The maximum atomic E-state index is 11.5. The van der Waals surface area contributed by atoms with E-state index in [1.54, 1.807) is 10.7 Å². The molecule has 0 aliphatic rings. The Balaban J connectivity index is 2.53. The van der Waals surface area contributed by atoms with Gasteiger partial charge in [-0.1, -0.05) is 18.2 Å². The molecule has 0 radical (unpaired) electrons. The second kappa shape index (κ2) is 4.18. The van der Waals surface area contributed by atoms with E-state index in [0.717, 1.165) is 11.4 Å². The number of benzene rings is 1. The van der Waals surface area contributed by atoms with Gasteiger partial charge in [-0.25, -0.2) is 9.48 Å². The van der Waals surface area contributed by atoms with Gasteiger partial charge in [0.2, 0.25) is 0 Å². The molecule has 2 aromatic rings. The lowest BCUT2D eigenvalue weighted by Gasteiger charge is -2.04. The van der Waals surface area contributed by atoms with E-state index in [1.165, 1.54) is 7.11 Å². The van der Waals surface area contributed by atoms with Gasteiger partial charge in [-0.2, -0.15) is 5.10 Å². The average Bonchev–Trinajstić information content (AvgIpc) is 2.71. The molecule has 82 valence electrons. The van der Waals surface area contributed by atoms with Crippen LogP contribution in [-0.2, 0) is 4.74 Å². The summed E-state index contributed by atoms with van der Waals surface area (Å²) in [4.78, 5) is 11.5. The number of hydrogen-bond donors (Lipinski definition) is 0. The third kappa shape index (κ3) is 1.82. The van der Waals surface area contributed by atoms with Crippen molar-refractivity contribution in [3.63, 3.8) is 0 Å². The van der Waals surface area contributed by atoms with Crippen LogP contribution >= 0.6 is 0 Å². The Morgan fingerprint density at radius 1 is 1.31 bits per heavy atom. The average molecular weight is 216 g/mol. The highest BCUT2D eigenvalue weighted by Gasteiger charge is 2.14. The number of hydrogen-bond acceptors (Lipinski definition) is 3. The quantitative estimate of drug-likeness (QED) is 0.721. The first kappa shape index (κ1) is 10.4. The standard InChI is InChI=1S/C12H12N2O2/c1-9-8-11(12(15)16-2)14(13-9)10-6-4-3-5-7-10/h3-8H,1-2H3. The molecule has 0 saturated heterocycles. The molecule has 4 heteroatoms. The van der Waals surface area contributed by atoms with Gasteiger partial charge in [0.25, 0.3) is 0 Å². The second-order valence-electron chi connectivity index (χ2n) is 3.41. The van der Waals surface area contributed by atoms with Gasteiger partial charge in [-0.3, -0.25) is 0 Å². The van der Waals surface area contributed by atoms with E-state index < -0.39 is 0 Å². The number of aryl methyl sites for hydroxylation is 1. The second-order valence-corrected chi connectivity index (χ2v) is 3.41. The fraction of sp³-hybridized carbons (Fsp3) is 0.167. The minimum Gasteiger partial charge on any atom is -0.464 e. The van der Waals surface area contributed by atoms with Crippen molar-refractivity contribution in [2.45, 2.75) is 6.92 Å². The molecule has 1 heterocycles. The third-order valence-electron chi connectivity index (χ3n) is 2.23. The zero-order valence-corrected chi connectivity index (χ0v) is 9.18. The SMILES string of the molecule is COC(=O)c1cc(C)nn1-c1ccccc1. The van der Waals surface area contributed by atoms with Crippen LogP contribution in [0.25, 0.3) is 5.69 Å². The Morgan fingerprint density at radius 2 is 2.00 bits per heavy atom. The van der Waals surface area contributed by atoms with Crippen LogP contribution in [0.5, 0.6) is 0 Å². The number of carbonyl (C=O) groups is 1. The van der Waals surface area contributed by atoms with Gasteiger partial charge in [-0.15, -0.1) is 0 Å². The monoisotopic (exact) mass is 216 g/mol. The molecule has 0 N–H and O–H groups in total. The van der Waals surface area contributed by atoms with Crippen molar-refractivity contribution in [1.29, 1.82) is 0 Å². The third-order valence-corrected chi connectivity index (χ3v) is 2.23. The molecule has 4 nitrogen and oxygen atoms in total. The van der Waals surface area contributed by atoms with Crippen molar-refractivity contribution in [2.24, 2.45) is 0 Å². The lowest BCUT2D eigenvalue weighted by Crippen LogP contribution is -2.09. The molecule has 0 aliphatic carbocycles. The van der Waals surface area contributed by atoms with Gasteiger partial charge in [0.1, 0.15) is 0 Å². The Kier molecular flexibility index (Phi) is 2.72. The first-order chi connectivity index (χ1) is 7.72. The van der Waals surface area contributed by atoms with E-state index in [-0.39, 0.29) is 5.97 Å². The maximum absolute atomic E-state index is 11.5. The van der Waals surface area contributed by atoms with Crippen molar-refractivity contribution in [3.05, 3.63) is 47.8 Å². The molecule has 0 bridgehead atoms. The number of esters is 1. The van der Waals surface area contributed by atoms with Gasteiger partial charge < -0.3 is 4.74 Å². The Labute approximate surface area is 93.5 Å². The number of aromatic nitrogens is 2. The Bertz CT molecular complexity index is 503. The highest BCUT2D eigenvalue weighted by Crippen LogP contribution is 2.12. The molecular formula is C12H12N2O2. The lowest BCUT2D eigenvalue weighted by atomic mass is 10.3. The van der Waals surface area contributed by atoms with Crippen LogP contribution in [0.3, 0.4) is 0 Å². The Morgan fingerprint density at radius 3 is 2.62 bits per heavy atom. The number of carbonyl (C=O) groups excluding carboxylic acids is 1. The van der Waals surface area contributed by atoms with E-state index in [1.807, 2.05) is 37.3 Å². The van der Waals surface area contributed by atoms with Gasteiger partial charge >= 0.3 is 5.97 Å². The predicted molar refractivity (Wildman–Crippen MR) is 59.6 cm³/mol. The first-order valence-corrected chi connectivity index (χ1v) is 4.93. The van der Waals surface area contributed by atoms with Gasteiger partial charge in [-0.05, 0) is 25.1 Å². The van der Waals surface area contributed by atoms with Crippen LogP contribution in [0.4, 0.5) is 0 Å². The van der Waals surface area contributed by atoms with Crippen LogP contribution in [0.1, 0.15) is 16.2 Å². The minimum atomic E-state index is -0.385. The fourth-order valence-corrected chi connectivity index (χ4v) is 1.52. The summed E-state index contributed by atoms with van der Waals surface area (Å²) in [6.07, 6.45) is 0. The molecule has 0 atom stereocenters. The van der Waals surface area contributed by atoms with Crippen molar-refractivity contribution in [2.75, 3.05) is 7.11 Å². The Hall–Kier alpha value is -2.10. The van der Waals surface area contributed by atoms with Gasteiger partial charge in [0.15, 0.2) is 5.69 Å². The lowest BCUT2D eigenvalue weighted by molar-refractivity contribution is 0.0590. The summed E-state index contributed by atoms with van der Waals surface area (Å²) in [5.41, 5.74) is 2.06. The highest BCUT2D eigenvalue weighted by molar-refractivity contribution is 5.88. The van der Waals surface area contributed by atoms with E-state index in [4.69, 9.17) is 4.74 Å². The molecule has 1 aromatic carbocycles.